The molecule has 0 bridgehead atoms. The highest BCUT2D eigenvalue weighted by atomic mass is 16.5. The van der Waals surface area contributed by atoms with E-state index in [0.29, 0.717) is 12.6 Å². The van der Waals surface area contributed by atoms with Crippen LogP contribution in [-0.4, -0.2) is 36.1 Å². The average molecular weight is 239 g/mol. The topological polar surface area (TPSA) is 29.5 Å². The summed E-state index contributed by atoms with van der Waals surface area (Å²) in [5, 5.41) is 0. The van der Waals surface area contributed by atoms with Gasteiger partial charge in [-0.25, -0.2) is 0 Å². The number of carbonyl (C=O) groups excluding carboxylic acids is 1. The zero-order chi connectivity index (χ0) is 12.3. The van der Waals surface area contributed by atoms with Gasteiger partial charge in [-0.1, -0.05) is 19.8 Å². The number of rotatable bonds is 4. The molecule has 0 aromatic rings. The number of esters is 1. The van der Waals surface area contributed by atoms with Crippen LogP contribution in [0.4, 0.5) is 0 Å². The highest BCUT2D eigenvalue weighted by Gasteiger charge is 2.41. The minimum atomic E-state index is -0.0128. The molecule has 2 fully saturated rings. The van der Waals surface area contributed by atoms with E-state index in [1.807, 2.05) is 6.92 Å². The normalized spacial score (nSPS) is 30.9. The Kier molecular flexibility index (Phi) is 4.43. The van der Waals surface area contributed by atoms with Gasteiger partial charge in [0.1, 0.15) is 6.04 Å². The van der Waals surface area contributed by atoms with E-state index < -0.39 is 0 Å². The predicted octanol–water partition coefficient (Wildman–Crippen LogP) is 2.59. The summed E-state index contributed by atoms with van der Waals surface area (Å²) in [5.74, 6) is 0.827. The zero-order valence-corrected chi connectivity index (χ0v) is 11.2. The molecule has 1 aliphatic carbocycles. The van der Waals surface area contributed by atoms with Gasteiger partial charge in [0.05, 0.1) is 6.61 Å². The van der Waals surface area contributed by atoms with Crippen molar-refractivity contribution in [3.63, 3.8) is 0 Å². The molecule has 0 N–H and O–H groups in total. The number of hydrogen-bond donors (Lipinski definition) is 0. The van der Waals surface area contributed by atoms with Crippen LogP contribution in [-0.2, 0) is 9.53 Å². The van der Waals surface area contributed by atoms with Crippen LogP contribution in [0.5, 0.6) is 0 Å². The van der Waals surface area contributed by atoms with Crippen LogP contribution in [0.15, 0.2) is 0 Å². The average Bonchev–Trinajstić information content (AvgIpc) is 2.75. The minimum absolute atomic E-state index is 0.00282. The van der Waals surface area contributed by atoms with Gasteiger partial charge in [-0.2, -0.15) is 0 Å². The van der Waals surface area contributed by atoms with Crippen LogP contribution >= 0.6 is 0 Å². The van der Waals surface area contributed by atoms with Crippen LogP contribution in [0.25, 0.3) is 0 Å². The van der Waals surface area contributed by atoms with Gasteiger partial charge >= 0.3 is 5.97 Å². The molecule has 3 unspecified atom stereocenters. The van der Waals surface area contributed by atoms with E-state index in [1.165, 1.54) is 32.1 Å². The summed E-state index contributed by atoms with van der Waals surface area (Å²) in [6.07, 6.45) is 7.51. The molecule has 98 valence electrons. The number of nitrogens with zero attached hydrogens (tertiary/aromatic N) is 1. The van der Waals surface area contributed by atoms with Crippen molar-refractivity contribution in [2.45, 2.75) is 64.5 Å². The van der Waals surface area contributed by atoms with E-state index in [4.69, 9.17) is 4.74 Å². The predicted molar refractivity (Wildman–Crippen MR) is 67.8 cm³/mol. The molecule has 0 aromatic heterocycles. The first kappa shape index (κ1) is 12.9. The molecule has 0 radical (unpaired) electrons. The zero-order valence-electron chi connectivity index (χ0n) is 11.2. The third kappa shape index (κ3) is 2.65. The first-order valence-corrected chi connectivity index (χ1v) is 7.20. The SMILES string of the molecule is CCOC(=O)C(CC)N1CCC2CCCCC21. The van der Waals surface area contributed by atoms with Gasteiger partial charge in [-0.3, -0.25) is 9.69 Å². The van der Waals surface area contributed by atoms with Gasteiger partial charge < -0.3 is 4.74 Å². The first-order valence-electron chi connectivity index (χ1n) is 7.20. The van der Waals surface area contributed by atoms with Crippen LogP contribution in [0.2, 0.25) is 0 Å². The Labute approximate surface area is 105 Å². The number of fused-ring (bicyclic) bond motifs is 1. The summed E-state index contributed by atoms with van der Waals surface area (Å²) in [4.78, 5) is 14.4. The van der Waals surface area contributed by atoms with Gasteiger partial charge in [0.2, 0.25) is 0 Å². The summed E-state index contributed by atoms with van der Waals surface area (Å²) in [6, 6.07) is 0.654. The molecule has 1 saturated carbocycles. The fraction of sp³-hybridized carbons (Fsp3) is 0.929. The highest BCUT2D eigenvalue weighted by Crippen LogP contribution is 2.37. The second kappa shape index (κ2) is 5.85. The van der Waals surface area contributed by atoms with Crippen LogP contribution < -0.4 is 0 Å². The van der Waals surface area contributed by atoms with E-state index in [2.05, 4.69) is 11.8 Å². The third-order valence-electron chi connectivity index (χ3n) is 4.40. The summed E-state index contributed by atoms with van der Waals surface area (Å²) in [5.41, 5.74) is 0. The van der Waals surface area contributed by atoms with Crippen LogP contribution in [0.1, 0.15) is 52.4 Å². The van der Waals surface area contributed by atoms with E-state index >= 15 is 0 Å². The smallest absolute Gasteiger partial charge is 0.323 e. The second-order valence-corrected chi connectivity index (χ2v) is 5.31. The van der Waals surface area contributed by atoms with Crippen molar-refractivity contribution >= 4 is 5.97 Å². The second-order valence-electron chi connectivity index (χ2n) is 5.31. The standard InChI is InChI=1S/C14H25NO2/c1-3-12(14(16)17-4-2)15-10-9-11-7-5-6-8-13(11)15/h11-13H,3-10H2,1-2H3. The maximum Gasteiger partial charge on any atom is 0.323 e. The lowest BCUT2D eigenvalue weighted by atomic mass is 9.85. The molecule has 1 heterocycles. The van der Waals surface area contributed by atoms with Crippen molar-refractivity contribution in [2.75, 3.05) is 13.2 Å². The van der Waals surface area contributed by atoms with E-state index in [1.54, 1.807) is 0 Å². The first-order chi connectivity index (χ1) is 8.27. The van der Waals surface area contributed by atoms with Gasteiger partial charge in [0, 0.05) is 6.04 Å². The van der Waals surface area contributed by atoms with Gasteiger partial charge in [0.25, 0.3) is 0 Å². The number of likely N-dealkylation sites (tertiary alicyclic amines) is 1. The lowest BCUT2D eigenvalue weighted by molar-refractivity contribution is -0.150. The maximum absolute atomic E-state index is 12.0. The Hall–Kier alpha value is -0.570. The Morgan fingerprint density at radius 1 is 1.29 bits per heavy atom. The number of hydrogen-bond acceptors (Lipinski definition) is 3. The van der Waals surface area contributed by atoms with E-state index in [0.717, 1.165) is 18.9 Å². The molecule has 17 heavy (non-hydrogen) atoms. The molecule has 0 amide bonds. The minimum Gasteiger partial charge on any atom is -0.465 e. The third-order valence-corrected chi connectivity index (χ3v) is 4.40. The Morgan fingerprint density at radius 3 is 2.76 bits per heavy atom. The van der Waals surface area contributed by atoms with Crippen molar-refractivity contribution in [3.05, 3.63) is 0 Å². The molecule has 3 atom stereocenters. The molecule has 2 rings (SSSR count). The van der Waals surface area contributed by atoms with Crippen molar-refractivity contribution in [1.82, 2.24) is 4.90 Å². The fourth-order valence-corrected chi connectivity index (χ4v) is 3.60. The van der Waals surface area contributed by atoms with Gasteiger partial charge in [0.15, 0.2) is 0 Å². The maximum atomic E-state index is 12.0. The fourth-order valence-electron chi connectivity index (χ4n) is 3.60. The number of carbonyl (C=O) groups is 1. The Morgan fingerprint density at radius 2 is 2.06 bits per heavy atom. The van der Waals surface area contributed by atoms with Gasteiger partial charge in [-0.05, 0) is 45.1 Å². The van der Waals surface area contributed by atoms with E-state index in [-0.39, 0.29) is 12.0 Å². The molecular formula is C14H25NO2. The van der Waals surface area contributed by atoms with Crippen molar-refractivity contribution < 1.29 is 9.53 Å². The number of ether oxygens (including phenoxy) is 1. The lowest BCUT2D eigenvalue weighted by Gasteiger charge is -2.35. The van der Waals surface area contributed by atoms with Crippen molar-refractivity contribution in [1.29, 1.82) is 0 Å². The molecule has 3 nitrogen and oxygen atoms in total. The monoisotopic (exact) mass is 239 g/mol. The molecule has 2 aliphatic rings. The lowest BCUT2D eigenvalue weighted by Crippen LogP contribution is -2.46. The molecule has 1 aliphatic heterocycles. The molecular weight excluding hydrogens is 214 g/mol. The van der Waals surface area contributed by atoms with Crippen LogP contribution in [0.3, 0.4) is 0 Å². The molecule has 0 spiro atoms. The molecule has 0 aromatic carbocycles. The Balaban J connectivity index is 2.01. The molecule has 3 heteroatoms. The van der Waals surface area contributed by atoms with Crippen molar-refractivity contribution in [3.8, 4) is 0 Å². The summed E-state index contributed by atoms with van der Waals surface area (Å²) < 4.78 is 5.21. The Bertz CT molecular complexity index is 267. The summed E-state index contributed by atoms with van der Waals surface area (Å²) in [6.45, 7) is 5.57. The van der Waals surface area contributed by atoms with E-state index in [9.17, 15) is 4.79 Å². The van der Waals surface area contributed by atoms with Crippen LogP contribution in [0, 0.1) is 5.92 Å². The molecule has 1 saturated heterocycles. The van der Waals surface area contributed by atoms with Gasteiger partial charge in [-0.15, -0.1) is 0 Å². The highest BCUT2D eigenvalue weighted by molar-refractivity contribution is 5.75. The van der Waals surface area contributed by atoms with Crippen molar-refractivity contribution in [2.24, 2.45) is 5.92 Å². The quantitative estimate of drug-likeness (QED) is 0.706. The summed E-state index contributed by atoms with van der Waals surface area (Å²) >= 11 is 0. The summed E-state index contributed by atoms with van der Waals surface area (Å²) in [7, 11) is 0. The largest absolute Gasteiger partial charge is 0.465 e.